The Morgan fingerprint density at radius 2 is 1.95 bits per heavy atom. The highest BCUT2D eigenvalue weighted by Gasteiger charge is 2.24. The summed E-state index contributed by atoms with van der Waals surface area (Å²) in [4.78, 5) is 0.422. The van der Waals surface area contributed by atoms with Gasteiger partial charge in [-0.3, -0.25) is 9.40 Å². The first kappa shape index (κ1) is 14.5. The summed E-state index contributed by atoms with van der Waals surface area (Å²) in [7, 11) is -2.15. The number of thiocarbonyl (C=S) groups is 1. The van der Waals surface area contributed by atoms with E-state index in [2.05, 4.69) is 10.2 Å². The summed E-state index contributed by atoms with van der Waals surface area (Å²) >= 11 is 4.86. The predicted octanol–water partition coefficient (Wildman–Crippen LogP) is 1.18. The molecule has 0 saturated heterocycles. The number of benzene rings is 1. The van der Waals surface area contributed by atoms with Gasteiger partial charge in [-0.15, -0.1) is 0 Å². The highest BCUT2D eigenvalue weighted by molar-refractivity contribution is 7.92. The van der Waals surface area contributed by atoms with Crippen molar-refractivity contribution in [3.63, 3.8) is 0 Å². The van der Waals surface area contributed by atoms with Gasteiger partial charge in [-0.1, -0.05) is 12.2 Å². The minimum atomic E-state index is -3.64. The molecule has 0 saturated carbocycles. The van der Waals surface area contributed by atoms with Gasteiger partial charge >= 0.3 is 0 Å². The number of H-pyrrole nitrogens is 1. The highest BCUT2D eigenvalue weighted by Crippen LogP contribution is 2.23. The van der Waals surface area contributed by atoms with Crippen LogP contribution < -0.4 is 10.0 Å². The molecule has 0 bridgehead atoms. The molecule has 0 aliphatic rings. The molecule has 0 aliphatic heterocycles. The van der Waals surface area contributed by atoms with E-state index in [4.69, 9.17) is 18.0 Å². The van der Waals surface area contributed by atoms with Crippen LogP contribution in [0, 0.1) is 6.92 Å². The topological polar surface area (TPSA) is 92.1 Å². The average Bonchev–Trinajstić information content (AvgIpc) is 2.85. The lowest BCUT2D eigenvalue weighted by molar-refractivity contribution is 0.594. The van der Waals surface area contributed by atoms with E-state index in [1.165, 1.54) is 17.5 Å². The Kier molecular flexibility index (Phi) is 3.78. The van der Waals surface area contributed by atoms with Crippen molar-refractivity contribution >= 4 is 32.9 Å². The van der Waals surface area contributed by atoms with Gasteiger partial charge in [0.05, 0.1) is 17.6 Å². The van der Waals surface area contributed by atoms with Crippen LogP contribution in [0.25, 0.3) is 0 Å². The van der Waals surface area contributed by atoms with Crippen molar-refractivity contribution in [2.75, 3.05) is 11.4 Å². The number of anilines is 1. The van der Waals surface area contributed by atoms with E-state index in [1.807, 2.05) is 0 Å². The van der Waals surface area contributed by atoms with Gasteiger partial charge in [0.2, 0.25) is 0 Å². The second-order valence-corrected chi connectivity index (χ2v) is 6.62. The second-order valence-electron chi connectivity index (χ2n) is 4.24. The average molecular weight is 310 g/mol. The largest absolute Gasteiger partial charge is 0.389 e. The van der Waals surface area contributed by atoms with Crippen LogP contribution in [0.15, 0.2) is 35.4 Å². The second kappa shape index (κ2) is 5.22. The third kappa shape index (κ3) is 2.52. The maximum Gasteiger partial charge on any atom is 0.267 e. The number of hydrogen-bond donors (Lipinski definition) is 2. The van der Waals surface area contributed by atoms with E-state index in [9.17, 15) is 8.42 Å². The van der Waals surface area contributed by atoms with Gasteiger partial charge in [-0.2, -0.15) is 5.10 Å². The predicted molar refractivity (Wildman–Crippen MR) is 81.2 cm³/mol. The Hall–Kier alpha value is -1.93. The molecule has 2 aromatic rings. The van der Waals surface area contributed by atoms with Crippen LogP contribution in [0.4, 0.5) is 5.69 Å². The lowest BCUT2D eigenvalue weighted by atomic mass is 10.2. The molecule has 0 aliphatic carbocycles. The normalized spacial score (nSPS) is 11.3. The van der Waals surface area contributed by atoms with Crippen LogP contribution in [-0.4, -0.2) is 30.7 Å². The molecule has 0 amide bonds. The summed E-state index contributed by atoms with van der Waals surface area (Å²) in [5.41, 5.74) is 7.21. The van der Waals surface area contributed by atoms with Crippen LogP contribution >= 0.6 is 12.2 Å². The van der Waals surface area contributed by atoms with Crippen LogP contribution in [0.1, 0.15) is 11.3 Å². The summed E-state index contributed by atoms with van der Waals surface area (Å²) in [6.45, 7) is 1.66. The third-order valence-corrected chi connectivity index (χ3v) is 5.07. The molecule has 1 heterocycles. The number of nitrogens with zero attached hydrogens (tertiary/aromatic N) is 2. The number of sulfonamides is 1. The van der Waals surface area contributed by atoms with Crippen LogP contribution in [0.5, 0.6) is 0 Å². The smallest absolute Gasteiger partial charge is 0.267 e. The Bertz CT molecular complexity index is 735. The quantitative estimate of drug-likeness (QED) is 0.827. The maximum absolute atomic E-state index is 12.4. The Balaban J connectivity index is 2.38. The summed E-state index contributed by atoms with van der Waals surface area (Å²) < 4.78 is 26.1. The molecule has 6 nitrogen and oxygen atoms in total. The van der Waals surface area contributed by atoms with Crippen molar-refractivity contribution in [2.24, 2.45) is 5.73 Å². The van der Waals surface area contributed by atoms with Crippen molar-refractivity contribution in [1.82, 2.24) is 10.2 Å². The fourth-order valence-corrected chi connectivity index (χ4v) is 3.17. The van der Waals surface area contributed by atoms with Crippen molar-refractivity contribution in [1.29, 1.82) is 0 Å². The van der Waals surface area contributed by atoms with E-state index in [0.29, 0.717) is 16.9 Å². The van der Waals surface area contributed by atoms with E-state index >= 15 is 0 Å². The molecule has 0 spiro atoms. The standard InChI is InChI=1S/C12H14N4O2S2/c1-8-11(7-14-15-8)20(17,18)16(2)10-5-3-9(4-6-10)12(13)19/h3-7H,1-2H3,(H2,13,19)(H,14,15). The molecule has 3 N–H and O–H groups in total. The zero-order chi connectivity index (χ0) is 14.9. The van der Waals surface area contributed by atoms with Crippen LogP contribution in [-0.2, 0) is 10.0 Å². The van der Waals surface area contributed by atoms with E-state index in [-0.39, 0.29) is 9.88 Å². The number of nitrogens with two attached hydrogens (primary N) is 1. The first-order valence-corrected chi connectivity index (χ1v) is 7.57. The zero-order valence-corrected chi connectivity index (χ0v) is 12.6. The lowest BCUT2D eigenvalue weighted by Gasteiger charge is -2.19. The molecule has 1 aromatic carbocycles. The van der Waals surface area contributed by atoms with Crippen molar-refractivity contribution in [2.45, 2.75) is 11.8 Å². The van der Waals surface area contributed by atoms with Crippen LogP contribution in [0.3, 0.4) is 0 Å². The molecular formula is C12H14N4O2S2. The van der Waals surface area contributed by atoms with Gasteiger partial charge in [0.15, 0.2) is 0 Å². The number of aryl methyl sites for hydroxylation is 1. The fraction of sp³-hybridized carbons (Fsp3) is 0.167. The van der Waals surface area contributed by atoms with Crippen LogP contribution in [0.2, 0.25) is 0 Å². The minimum Gasteiger partial charge on any atom is -0.389 e. The summed E-state index contributed by atoms with van der Waals surface area (Å²) in [5, 5.41) is 6.35. The molecule has 0 unspecified atom stereocenters. The minimum absolute atomic E-state index is 0.151. The van der Waals surface area contributed by atoms with Crippen molar-refractivity contribution in [3.05, 3.63) is 41.7 Å². The van der Waals surface area contributed by atoms with E-state index < -0.39 is 10.0 Å². The van der Waals surface area contributed by atoms with Gasteiger partial charge in [0.25, 0.3) is 10.0 Å². The first-order chi connectivity index (χ1) is 9.34. The molecule has 1 aromatic heterocycles. The van der Waals surface area contributed by atoms with Crippen molar-refractivity contribution in [3.8, 4) is 0 Å². The number of aromatic nitrogens is 2. The first-order valence-electron chi connectivity index (χ1n) is 5.73. The number of rotatable bonds is 4. The molecule has 0 fully saturated rings. The maximum atomic E-state index is 12.4. The Labute approximate surface area is 122 Å². The third-order valence-electron chi connectivity index (χ3n) is 2.94. The Morgan fingerprint density at radius 1 is 1.35 bits per heavy atom. The molecule has 8 heteroatoms. The molecule has 2 rings (SSSR count). The molecular weight excluding hydrogens is 296 g/mol. The Morgan fingerprint density at radius 3 is 2.40 bits per heavy atom. The lowest BCUT2D eigenvalue weighted by Crippen LogP contribution is -2.26. The zero-order valence-electron chi connectivity index (χ0n) is 11.0. The summed E-state index contributed by atoms with van der Waals surface area (Å²) in [5.74, 6) is 0. The van der Waals surface area contributed by atoms with Gasteiger partial charge < -0.3 is 5.73 Å². The fourth-order valence-electron chi connectivity index (χ4n) is 1.72. The number of nitrogens with one attached hydrogen (secondary N) is 1. The number of aromatic amines is 1. The molecule has 20 heavy (non-hydrogen) atoms. The van der Waals surface area contributed by atoms with E-state index in [0.717, 1.165) is 0 Å². The van der Waals surface area contributed by atoms with Crippen molar-refractivity contribution < 1.29 is 8.42 Å². The molecule has 106 valence electrons. The van der Waals surface area contributed by atoms with Gasteiger partial charge in [0, 0.05) is 12.6 Å². The SMILES string of the molecule is Cc1[nH]ncc1S(=O)(=O)N(C)c1ccc(C(N)=S)cc1. The van der Waals surface area contributed by atoms with Gasteiger partial charge in [-0.05, 0) is 31.2 Å². The molecule has 0 atom stereocenters. The van der Waals surface area contributed by atoms with Gasteiger partial charge in [0.1, 0.15) is 9.88 Å². The number of hydrogen-bond acceptors (Lipinski definition) is 4. The van der Waals surface area contributed by atoms with E-state index in [1.54, 1.807) is 31.2 Å². The summed E-state index contributed by atoms with van der Waals surface area (Å²) in [6, 6.07) is 6.68. The van der Waals surface area contributed by atoms with Gasteiger partial charge in [-0.25, -0.2) is 8.42 Å². The summed E-state index contributed by atoms with van der Waals surface area (Å²) in [6.07, 6.45) is 1.30. The highest BCUT2D eigenvalue weighted by atomic mass is 32.2. The monoisotopic (exact) mass is 310 g/mol. The molecule has 0 radical (unpaired) electrons.